The molecular formula is C14H21F2N. The van der Waals surface area contributed by atoms with Crippen molar-refractivity contribution in [2.75, 3.05) is 7.05 Å². The highest BCUT2D eigenvalue weighted by Crippen LogP contribution is 2.26. The number of hydrogen-bond donors (Lipinski definition) is 1. The van der Waals surface area contributed by atoms with Gasteiger partial charge < -0.3 is 5.32 Å². The third-order valence-corrected chi connectivity index (χ3v) is 3.36. The van der Waals surface area contributed by atoms with Crippen molar-refractivity contribution in [3.05, 3.63) is 35.4 Å². The molecule has 17 heavy (non-hydrogen) atoms. The first-order valence-electron chi connectivity index (χ1n) is 6.23. The predicted molar refractivity (Wildman–Crippen MR) is 66.8 cm³/mol. The number of benzene rings is 1. The maximum Gasteiger partial charge on any atom is 0.126 e. The summed E-state index contributed by atoms with van der Waals surface area (Å²) < 4.78 is 26.3. The average molecular weight is 241 g/mol. The molecule has 0 bridgehead atoms. The zero-order valence-corrected chi connectivity index (χ0v) is 10.8. The summed E-state index contributed by atoms with van der Waals surface area (Å²) in [4.78, 5) is 0. The molecule has 0 saturated heterocycles. The van der Waals surface area contributed by atoms with E-state index in [0.29, 0.717) is 11.5 Å². The van der Waals surface area contributed by atoms with Crippen molar-refractivity contribution in [2.45, 2.75) is 39.2 Å². The molecule has 0 aliphatic carbocycles. The van der Waals surface area contributed by atoms with E-state index < -0.39 is 11.6 Å². The molecule has 1 nitrogen and oxygen atoms in total. The van der Waals surface area contributed by atoms with Gasteiger partial charge in [0.15, 0.2) is 0 Å². The Balaban J connectivity index is 2.85. The van der Waals surface area contributed by atoms with Crippen molar-refractivity contribution < 1.29 is 8.78 Å². The van der Waals surface area contributed by atoms with Crippen LogP contribution in [0.3, 0.4) is 0 Å². The molecule has 0 amide bonds. The van der Waals surface area contributed by atoms with Crippen LogP contribution in [0.2, 0.25) is 0 Å². The van der Waals surface area contributed by atoms with Gasteiger partial charge in [0.25, 0.3) is 0 Å². The third-order valence-electron chi connectivity index (χ3n) is 3.36. The van der Waals surface area contributed by atoms with Crippen LogP contribution in [0.1, 0.15) is 44.7 Å². The molecule has 0 saturated carbocycles. The molecular weight excluding hydrogens is 220 g/mol. The average Bonchev–Trinajstić information content (AvgIpc) is 2.29. The van der Waals surface area contributed by atoms with E-state index in [-0.39, 0.29) is 6.04 Å². The highest BCUT2D eigenvalue weighted by molar-refractivity contribution is 5.21. The number of hydrogen-bond acceptors (Lipinski definition) is 1. The summed E-state index contributed by atoms with van der Waals surface area (Å²) in [5.41, 5.74) is 0.692. The van der Waals surface area contributed by atoms with E-state index in [1.165, 1.54) is 12.1 Å². The lowest BCUT2D eigenvalue weighted by atomic mass is 9.91. The van der Waals surface area contributed by atoms with E-state index in [2.05, 4.69) is 19.2 Å². The van der Waals surface area contributed by atoms with Gasteiger partial charge in [-0.15, -0.1) is 0 Å². The highest BCUT2D eigenvalue weighted by atomic mass is 19.1. The standard InChI is InChI=1S/C14H21F2N/c1-4-10(5-2)6-14(17-3)11-7-12(15)9-13(16)8-11/h7-10,14,17H,4-6H2,1-3H3. The first-order chi connectivity index (χ1) is 8.10. The van der Waals surface area contributed by atoms with Crippen LogP contribution < -0.4 is 5.32 Å². The fourth-order valence-electron chi connectivity index (χ4n) is 2.15. The van der Waals surface area contributed by atoms with Crippen molar-refractivity contribution in [3.63, 3.8) is 0 Å². The lowest BCUT2D eigenvalue weighted by Gasteiger charge is -2.22. The van der Waals surface area contributed by atoms with Crippen LogP contribution in [-0.2, 0) is 0 Å². The van der Waals surface area contributed by atoms with E-state index in [1.54, 1.807) is 0 Å². The maximum atomic E-state index is 13.2. The Kier molecular flexibility index (Phi) is 5.56. The Morgan fingerprint density at radius 1 is 1.06 bits per heavy atom. The quantitative estimate of drug-likeness (QED) is 0.792. The van der Waals surface area contributed by atoms with Gasteiger partial charge in [-0.1, -0.05) is 26.7 Å². The molecule has 1 atom stereocenters. The summed E-state index contributed by atoms with van der Waals surface area (Å²) in [6.07, 6.45) is 3.09. The molecule has 0 aliphatic rings. The maximum absolute atomic E-state index is 13.2. The minimum atomic E-state index is -0.509. The molecule has 1 unspecified atom stereocenters. The molecule has 0 aromatic heterocycles. The molecule has 0 spiro atoms. The predicted octanol–water partition coefficient (Wildman–Crippen LogP) is 4.05. The zero-order chi connectivity index (χ0) is 12.8. The van der Waals surface area contributed by atoms with Gasteiger partial charge in [-0.25, -0.2) is 8.78 Å². The van der Waals surface area contributed by atoms with Gasteiger partial charge in [0.2, 0.25) is 0 Å². The molecule has 0 heterocycles. The van der Waals surface area contributed by atoms with Crippen molar-refractivity contribution in [1.82, 2.24) is 5.32 Å². The second kappa shape index (κ2) is 6.70. The first-order valence-corrected chi connectivity index (χ1v) is 6.23. The van der Waals surface area contributed by atoms with Gasteiger partial charge >= 0.3 is 0 Å². The topological polar surface area (TPSA) is 12.0 Å². The summed E-state index contributed by atoms with van der Waals surface area (Å²) >= 11 is 0. The van der Waals surface area contributed by atoms with E-state index in [0.717, 1.165) is 25.3 Å². The van der Waals surface area contributed by atoms with Crippen LogP contribution in [0.25, 0.3) is 0 Å². The smallest absolute Gasteiger partial charge is 0.126 e. The van der Waals surface area contributed by atoms with Crippen molar-refractivity contribution in [3.8, 4) is 0 Å². The molecule has 0 radical (unpaired) electrons. The monoisotopic (exact) mass is 241 g/mol. The summed E-state index contributed by atoms with van der Waals surface area (Å²) in [7, 11) is 1.83. The number of halogens is 2. The summed E-state index contributed by atoms with van der Waals surface area (Å²) in [6, 6.07) is 3.75. The number of nitrogens with one attached hydrogen (secondary N) is 1. The molecule has 3 heteroatoms. The minimum Gasteiger partial charge on any atom is -0.313 e. The Bertz CT molecular complexity index is 328. The molecule has 1 N–H and O–H groups in total. The van der Waals surface area contributed by atoms with Crippen molar-refractivity contribution in [2.24, 2.45) is 5.92 Å². The molecule has 1 aromatic rings. The third kappa shape index (κ3) is 4.08. The molecule has 0 aliphatic heterocycles. The van der Waals surface area contributed by atoms with Gasteiger partial charge in [0, 0.05) is 12.1 Å². The Morgan fingerprint density at radius 3 is 2.00 bits per heavy atom. The summed E-state index contributed by atoms with van der Waals surface area (Å²) in [5.74, 6) is -0.437. The van der Waals surface area contributed by atoms with Gasteiger partial charge in [-0.2, -0.15) is 0 Å². The summed E-state index contributed by atoms with van der Waals surface area (Å²) in [5, 5.41) is 3.14. The minimum absolute atomic E-state index is 0.0186. The molecule has 1 aromatic carbocycles. The fourth-order valence-corrected chi connectivity index (χ4v) is 2.15. The molecule has 1 rings (SSSR count). The van der Waals surface area contributed by atoms with Crippen LogP contribution in [-0.4, -0.2) is 7.05 Å². The highest BCUT2D eigenvalue weighted by Gasteiger charge is 2.15. The first kappa shape index (κ1) is 14.1. The van der Waals surface area contributed by atoms with E-state index in [4.69, 9.17) is 0 Å². The molecule has 0 fully saturated rings. The zero-order valence-electron chi connectivity index (χ0n) is 10.8. The van der Waals surface area contributed by atoms with Gasteiger partial charge in [-0.3, -0.25) is 0 Å². The van der Waals surface area contributed by atoms with Crippen LogP contribution in [0.5, 0.6) is 0 Å². The Labute approximate surface area is 102 Å². The van der Waals surface area contributed by atoms with Gasteiger partial charge in [-0.05, 0) is 37.1 Å². The lowest BCUT2D eigenvalue weighted by molar-refractivity contribution is 0.383. The van der Waals surface area contributed by atoms with Crippen LogP contribution in [0.4, 0.5) is 8.78 Å². The summed E-state index contributed by atoms with van der Waals surface area (Å²) in [6.45, 7) is 4.29. The normalized spacial score (nSPS) is 13.1. The van der Waals surface area contributed by atoms with E-state index >= 15 is 0 Å². The Morgan fingerprint density at radius 2 is 1.59 bits per heavy atom. The molecule has 96 valence electrons. The largest absolute Gasteiger partial charge is 0.313 e. The fraction of sp³-hybridized carbons (Fsp3) is 0.571. The second-order valence-corrected chi connectivity index (χ2v) is 4.46. The number of rotatable bonds is 6. The van der Waals surface area contributed by atoms with Crippen LogP contribution >= 0.6 is 0 Å². The SMILES string of the molecule is CCC(CC)CC(NC)c1cc(F)cc(F)c1. The Hall–Kier alpha value is -0.960. The van der Waals surface area contributed by atoms with Crippen molar-refractivity contribution in [1.29, 1.82) is 0 Å². The van der Waals surface area contributed by atoms with Gasteiger partial charge in [0.05, 0.1) is 0 Å². The van der Waals surface area contributed by atoms with E-state index in [9.17, 15) is 8.78 Å². The second-order valence-electron chi connectivity index (χ2n) is 4.46. The lowest BCUT2D eigenvalue weighted by Crippen LogP contribution is -2.20. The van der Waals surface area contributed by atoms with Crippen LogP contribution in [0.15, 0.2) is 18.2 Å². The van der Waals surface area contributed by atoms with Crippen molar-refractivity contribution >= 4 is 0 Å². The van der Waals surface area contributed by atoms with Gasteiger partial charge in [0.1, 0.15) is 11.6 Å². The van der Waals surface area contributed by atoms with Crippen LogP contribution in [0, 0.1) is 17.6 Å². The van der Waals surface area contributed by atoms with E-state index in [1.807, 2.05) is 7.05 Å².